The number of ketones is 2. The molecule has 186 valence electrons. The third-order valence-corrected chi connectivity index (χ3v) is 10.2. The van der Waals surface area contributed by atoms with Crippen molar-refractivity contribution in [2.45, 2.75) is 58.0 Å². The summed E-state index contributed by atoms with van der Waals surface area (Å²) in [5.41, 5.74) is -5.20. The lowest BCUT2D eigenvalue weighted by Gasteiger charge is -2.63. The molecule has 4 fully saturated rings. The number of Topliss-reactive ketones (excluding diaryl/α,β-unsaturated/α-hetero) is 1. The second-order valence-corrected chi connectivity index (χ2v) is 11.7. The first kappa shape index (κ1) is 23.8. The van der Waals surface area contributed by atoms with Crippen molar-refractivity contribution in [3.05, 3.63) is 23.8 Å². The predicted molar refractivity (Wildman–Crippen MR) is 119 cm³/mol. The molecule has 8 heteroatoms. The molecule has 9 atom stereocenters. The molecule has 1 heterocycles. The molecule has 34 heavy (non-hydrogen) atoms. The first-order valence-electron chi connectivity index (χ1n) is 12.1. The number of esters is 1. The highest BCUT2D eigenvalue weighted by Crippen LogP contribution is 2.74. The summed E-state index contributed by atoms with van der Waals surface area (Å²) in [6.45, 7) is 5.48. The number of aliphatic hydroxyl groups excluding tert-OH is 1. The second kappa shape index (κ2) is 7.29. The summed E-state index contributed by atoms with van der Waals surface area (Å²) in [5.74, 6) is -2.37. The van der Waals surface area contributed by atoms with Crippen LogP contribution in [-0.4, -0.2) is 72.2 Å². The summed E-state index contributed by atoms with van der Waals surface area (Å²) in [6.07, 6.45) is 1.39. The van der Waals surface area contributed by atoms with Gasteiger partial charge in [0.15, 0.2) is 23.8 Å². The van der Waals surface area contributed by atoms with Gasteiger partial charge in [-0.1, -0.05) is 13.0 Å². The van der Waals surface area contributed by atoms with E-state index >= 15 is 8.78 Å². The molecule has 4 aliphatic carbocycles. The number of fused-ring (bicyclic) bond motifs is 7. The quantitative estimate of drug-likeness (QED) is 0.630. The van der Waals surface area contributed by atoms with E-state index in [1.165, 1.54) is 25.2 Å². The average molecular weight is 478 g/mol. The van der Waals surface area contributed by atoms with Gasteiger partial charge in [-0.2, -0.15) is 0 Å². The molecular formula is C26H33F2NO5. The van der Waals surface area contributed by atoms with Gasteiger partial charge in [0.2, 0.25) is 0 Å². The number of carbonyl (C=O) groups excluding carboxylic acids is 3. The van der Waals surface area contributed by atoms with Gasteiger partial charge in [0.25, 0.3) is 0 Å². The Bertz CT molecular complexity index is 1030. The van der Waals surface area contributed by atoms with Crippen molar-refractivity contribution in [1.82, 2.24) is 4.90 Å². The highest BCUT2D eigenvalue weighted by atomic mass is 19.1. The number of hydrogen-bond donors (Lipinski definition) is 1. The fourth-order valence-corrected chi connectivity index (χ4v) is 8.81. The molecule has 0 bridgehead atoms. The summed E-state index contributed by atoms with van der Waals surface area (Å²) >= 11 is 0. The van der Waals surface area contributed by atoms with Crippen LogP contribution in [0.15, 0.2) is 23.8 Å². The Balaban J connectivity index is 1.61. The minimum atomic E-state index is -2.16. The van der Waals surface area contributed by atoms with Crippen LogP contribution in [0.4, 0.5) is 8.78 Å². The Hall–Kier alpha value is -1.93. The van der Waals surface area contributed by atoms with E-state index in [4.69, 9.17) is 4.74 Å². The Morgan fingerprint density at radius 1 is 1.26 bits per heavy atom. The normalized spacial score (nSPS) is 49.6. The molecule has 0 spiro atoms. The standard InChI is InChI=1S/C26H33F2NO5/c1-14(30)34-12-22(33)25-13-29(4)11-15(25)7-17-18-9-20(27)19-8-16(31)5-6-23(19,2)26(18,28)21(32)10-24(17,25)3/h5-6,8,15,17-18,20-21,32H,7,9-13H2,1-4H3/t15-,17-,18-,20-,21-,23-,24-,25+,26-/m0/s1. The lowest BCUT2D eigenvalue weighted by atomic mass is 9.43. The predicted octanol–water partition coefficient (Wildman–Crippen LogP) is 2.60. The van der Waals surface area contributed by atoms with Crippen molar-refractivity contribution in [2.75, 3.05) is 26.7 Å². The van der Waals surface area contributed by atoms with E-state index in [2.05, 4.69) is 4.90 Å². The maximum absolute atomic E-state index is 17.3. The minimum absolute atomic E-state index is 0.0441. The molecule has 0 aromatic rings. The van der Waals surface area contributed by atoms with Gasteiger partial charge >= 0.3 is 5.97 Å². The first-order valence-corrected chi connectivity index (χ1v) is 12.1. The van der Waals surface area contributed by atoms with Gasteiger partial charge in [0.05, 0.1) is 11.5 Å². The Kier molecular flexibility index (Phi) is 5.10. The van der Waals surface area contributed by atoms with Crippen molar-refractivity contribution in [2.24, 2.45) is 34.0 Å². The molecule has 0 radical (unpaired) electrons. The first-order chi connectivity index (χ1) is 15.8. The van der Waals surface area contributed by atoms with E-state index in [0.29, 0.717) is 19.5 Å². The molecule has 0 aromatic heterocycles. The van der Waals surface area contributed by atoms with Crippen molar-refractivity contribution < 1.29 is 33.0 Å². The number of likely N-dealkylation sites (tertiary alicyclic amines) is 1. The third kappa shape index (κ3) is 2.70. The molecule has 5 rings (SSSR count). The van der Waals surface area contributed by atoms with Crippen molar-refractivity contribution in [1.29, 1.82) is 0 Å². The molecule has 6 nitrogen and oxygen atoms in total. The molecule has 1 saturated heterocycles. The van der Waals surface area contributed by atoms with Gasteiger partial charge < -0.3 is 14.7 Å². The topological polar surface area (TPSA) is 83.9 Å². The lowest BCUT2D eigenvalue weighted by Crippen LogP contribution is -2.69. The maximum Gasteiger partial charge on any atom is 0.303 e. The van der Waals surface area contributed by atoms with E-state index in [1.54, 1.807) is 6.92 Å². The number of ether oxygens (including phenoxy) is 1. The molecule has 3 saturated carbocycles. The van der Waals surface area contributed by atoms with Gasteiger partial charge in [-0.05, 0) is 68.2 Å². The second-order valence-electron chi connectivity index (χ2n) is 11.7. The lowest BCUT2D eigenvalue weighted by molar-refractivity contribution is -0.212. The monoisotopic (exact) mass is 477 g/mol. The van der Waals surface area contributed by atoms with Gasteiger partial charge in [0.1, 0.15) is 6.17 Å². The smallest absolute Gasteiger partial charge is 0.303 e. The van der Waals surface area contributed by atoms with Crippen LogP contribution >= 0.6 is 0 Å². The number of aliphatic hydroxyl groups is 1. The number of carbonyl (C=O) groups is 3. The number of hydrogen-bond acceptors (Lipinski definition) is 6. The number of alkyl halides is 2. The largest absolute Gasteiger partial charge is 0.458 e. The highest BCUT2D eigenvalue weighted by Gasteiger charge is 2.78. The van der Waals surface area contributed by atoms with Crippen molar-refractivity contribution in [3.8, 4) is 0 Å². The summed E-state index contributed by atoms with van der Waals surface area (Å²) < 4.78 is 37.9. The zero-order chi connectivity index (χ0) is 24.8. The number of allylic oxidation sites excluding steroid dienone is 4. The van der Waals surface area contributed by atoms with E-state index < -0.39 is 46.1 Å². The van der Waals surface area contributed by atoms with Crippen LogP contribution in [0.5, 0.6) is 0 Å². The number of halogens is 2. The highest BCUT2D eigenvalue weighted by molar-refractivity contribution is 6.01. The van der Waals surface area contributed by atoms with Gasteiger partial charge in [-0.25, -0.2) is 8.78 Å². The van der Waals surface area contributed by atoms with Crippen LogP contribution in [0.1, 0.15) is 40.0 Å². The number of rotatable bonds is 3. The Morgan fingerprint density at radius 2 is 1.97 bits per heavy atom. The molecule has 1 N–H and O–H groups in total. The summed E-state index contributed by atoms with van der Waals surface area (Å²) in [4.78, 5) is 39.2. The third-order valence-electron chi connectivity index (χ3n) is 10.2. The molecule has 0 amide bonds. The average Bonchev–Trinajstić information content (AvgIpc) is 3.21. The molecular weight excluding hydrogens is 444 g/mol. The zero-order valence-corrected chi connectivity index (χ0v) is 20.1. The van der Waals surface area contributed by atoms with Crippen LogP contribution in [0.3, 0.4) is 0 Å². The van der Waals surface area contributed by atoms with E-state index in [-0.39, 0.29) is 48.4 Å². The summed E-state index contributed by atoms with van der Waals surface area (Å²) in [7, 11) is 1.93. The maximum atomic E-state index is 17.3. The van der Waals surface area contributed by atoms with E-state index in [1.807, 2.05) is 14.0 Å². The zero-order valence-electron chi connectivity index (χ0n) is 20.1. The van der Waals surface area contributed by atoms with Crippen LogP contribution < -0.4 is 0 Å². The minimum Gasteiger partial charge on any atom is -0.458 e. The van der Waals surface area contributed by atoms with Gasteiger partial charge in [-0.3, -0.25) is 14.4 Å². The molecule has 5 aliphatic rings. The molecule has 1 aliphatic heterocycles. The summed E-state index contributed by atoms with van der Waals surface area (Å²) in [5, 5.41) is 11.5. The van der Waals surface area contributed by atoms with Gasteiger partial charge in [0, 0.05) is 31.3 Å². The van der Waals surface area contributed by atoms with Crippen LogP contribution in [-0.2, 0) is 19.1 Å². The molecule has 0 aromatic carbocycles. The van der Waals surface area contributed by atoms with Crippen molar-refractivity contribution >= 4 is 17.5 Å². The SMILES string of the molecule is CC(=O)OCC(=O)[C@@]12CN(C)C[C@@H]1C[C@H]1[C@@H]3C[C@H](F)C4=CC(=O)C=C[C@]4(C)[C@@]3(F)[C@@H](O)C[C@@]12C. The van der Waals surface area contributed by atoms with E-state index in [0.717, 1.165) is 0 Å². The van der Waals surface area contributed by atoms with Crippen LogP contribution in [0.25, 0.3) is 0 Å². The Morgan fingerprint density at radius 3 is 2.65 bits per heavy atom. The van der Waals surface area contributed by atoms with Crippen LogP contribution in [0, 0.1) is 34.0 Å². The summed E-state index contributed by atoms with van der Waals surface area (Å²) in [6, 6.07) is 0. The Labute approximate surface area is 198 Å². The van der Waals surface area contributed by atoms with E-state index in [9.17, 15) is 19.5 Å². The van der Waals surface area contributed by atoms with Gasteiger partial charge in [-0.15, -0.1) is 0 Å². The van der Waals surface area contributed by atoms with Crippen LogP contribution in [0.2, 0.25) is 0 Å². The fraction of sp³-hybridized carbons (Fsp3) is 0.731. The number of nitrogens with zero attached hydrogens (tertiary/aromatic N) is 1. The fourth-order valence-electron chi connectivity index (χ4n) is 8.81. The van der Waals surface area contributed by atoms with Crippen molar-refractivity contribution in [3.63, 3.8) is 0 Å². The molecule has 0 unspecified atom stereocenters.